The Morgan fingerprint density at radius 3 is 2.86 bits per heavy atom. The van der Waals surface area contributed by atoms with E-state index in [1.54, 1.807) is 18.7 Å². The standard InChI is InChI=1S/C22H24N2O4/c1-28-19-4-2-3-15(11-19)14-24-10-9-22(21(24)26)8-7-16-12-17(20(25)23-27)5-6-18(16)13-22/h2-6,11-12,27H,7-10,13-14H2,1H3,(H,23,25). The van der Waals surface area contributed by atoms with Gasteiger partial charge in [-0.1, -0.05) is 18.2 Å². The van der Waals surface area contributed by atoms with E-state index in [0.717, 1.165) is 48.2 Å². The Kier molecular flexibility index (Phi) is 4.81. The van der Waals surface area contributed by atoms with E-state index in [1.165, 1.54) is 0 Å². The fourth-order valence-corrected chi connectivity index (χ4v) is 4.49. The number of benzene rings is 2. The molecule has 1 aliphatic carbocycles. The number of hydrogen-bond acceptors (Lipinski definition) is 4. The maximum Gasteiger partial charge on any atom is 0.274 e. The molecular formula is C22H24N2O4. The van der Waals surface area contributed by atoms with Crippen molar-refractivity contribution in [1.29, 1.82) is 0 Å². The van der Waals surface area contributed by atoms with Crippen LogP contribution in [0.4, 0.5) is 0 Å². The second-order valence-corrected chi connectivity index (χ2v) is 7.71. The number of amides is 2. The van der Waals surface area contributed by atoms with Crippen LogP contribution >= 0.6 is 0 Å². The van der Waals surface area contributed by atoms with E-state index in [-0.39, 0.29) is 11.3 Å². The quantitative estimate of drug-likeness (QED) is 0.631. The van der Waals surface area contributed by atoms with Gasteiger partial charge in [-0.3, -0.25) is 14.8 Å². The van der Waals surface area contributed by atoms with Crippen molar-refractivity contribution in [2.24, 2.45) is 5.41 Å². The third-order valence-electron chi connectivity index (χ3n) is 6.08. The maximum atomic E-state index is 13.3. The second-order valence-electron chi connectivity index (χ2n) is 7.71. The lowest BCUT2D eigenvalue weighted by Gasteiger charge is -2.33. The van der Waals surface area contributed by atoms with Crippen LogP contribution in [0.5, 0.6) is 5.75 Å². The molecule has 1 atom stereocenters. The Hall–Kier alpha value is -2.86. The summed E-state index contributed by atoms with van der Waals surface area (Å²) in [4.78, 5) is 26.9. The molecule has 2 aliphatic rings. The molecule has 6 heteroatoms. The highest BCUT2D eigenvalue weighted by Gasteiger charge is 2.47. The first kappa shape index (κ1) is 18.5. The molecule has 2 aromatic carbocycles. The third-order valence-corrected chi connectivity index (χ3v) is 6.08. The number of nitrogens with one attached hydrogen (secondary N) is 1. The Labute approximate surface area is 164 Å². The van der Waals surface area contributed by atoms with Gasteiger partial charge in [-0.15, -0.1) is 0 Å². The molecule has 1 unspecified atom stereocenters. The molecule has 1 heterocycles. The minimum Gasteiger partial charge on any atom is -0.497 e. The van der Waals surface area contributed by atoms with E-state index in [0.29, 0.717) is 18.5 Å². The predicted molar refractivity (Wildman–Crippen MR) is 103 cm³/mol. The summed E-state index contributed by atoms with van der Waals surface area (Å²) in [7, 11) is 1.64. The lowest BCUT2D eigenvalue weighted by molar-refractivity contribution is -0.137. The number of nitrogens with zero attached hydrogens (tertiary/aromatic N) is 1. The molecule has 146 valence electrons. The number of carbonyl (C=O) groups excluding carboxylic acids is 2. The van der Waals surface area contributed by atoms with Crippen LogP contribution in [0.3, 0.4) is 0 Å². The molecular weight excluding hydrogens is 356 g/mol. The Morgan fingerprint density at radius 2 is 2.07 bits per heavy atom. The molecule has 6 nitrogen and oxygen atoms in total. The number of likely N-dealkylation sites (tertiary alicyclic amines) is 1. The summed E-state index contributed by atoms with van der Waals surface area (Å²) in [5.74, 6) is 0.510. The minimum atomic E-state index is -0.510. The molecule has 1 aliphatic heterocycles. The van der Waals surface area contributed by atoms with E-state index >= 15 is 0 Å². The van der Waals surface area contributed by atoms with Crippen LogP contribution in [0.1, 0.15) is 39.9 Å². The molecule has 1 saturated heterocycles. The van der Waals surface area contributed by atoms with E-state index in [9.17, 15) is 9.59 Å². The SMILES string of the molecule is COc1cccc(CN2CCC3(CCc4cc(C(=O)NO)ccc4C3)C2=O)c1. The molecule has 0 aromatic heterocycles. The van der Waals surface area contributed by atoms with Crippen LogP contribution < -0.4 is 10.2 Å². The van der Waals surface area contributed by atoms with E-state index in [4.69, 9.17) is 9.94 Å². The van der Waals surface area contributed by atoms with Gasteiger partial charge in [-0.25, -0.2) is 5.48 Å². The monoisotopic (exact) mass is 380 g/mol. The first-order valence-electron chi connectivity index (χ1n) is 9.53. The zero-order valence-electron chi connectivity index (χ0n) is 15.9. The summed E-state index contributed by atoms with van der Waals surface area (Å²) in [5, 5.41) is 8.82. The van der Waals surface area contributed by atoms with Crippen LogP contribution in [0, 0.1) is 5.41 Å². The maximum absolute atomic E-state index is 13.3. The molecule has 4 rings (SSSR count). The molecule has 0 saturated carbocycles. The van der Waals surface area contributed by atoms with Gasteiger partial charge in [0, 0.05) is 18.7 Å². The van der Waals surface area contributed by atoms with Gasteiger partial charge in [-0.2, -0.15) is 0 Å². The largest absolute Gasteiger partial charge is 0.497 e. The number of aryl methyl sites for hydroxylation is 1. The Bertz CT molecular complexity index is 927. The topological polar surface area (TPSA) is 78.9 Å². The van der Waals surface area contributed by atoms with Crippen molar-refractivity contribution >= 4 is 11.8 Å². The highest BCUT2D eigenvalue weighted by atomic mass is 16.5. The van der Waals surface area contributed by atoms with Crippen LogP contribution in [0.25, 0.3) is 0 Å². The third kappa shape index (κ3) is 3.24. The normalized spacial score (nSPS) is 20.9. The summed E-state index contributed by atoms with van der Waals surface area (Å²) in [6.45, 7) is 1.36. The fourth-order valence-electron chi connectivity index (χ4n) is 4.49. The predicted octanol–water partition coefficient (Wildman–Crippen LogP) is 2.72. The Balaban J connectivity index is 1.51. The number of fused-ring (bicyclic) bond motifs is 1. The molecule has 0 radical (unpaired) electrons. The molecule has 1 spiro atoms. The van der Waals surface area contributed by atoms with Crippen molar-refractivity contribution < 1.29 is 19.5 Å². The minimum absolute atomic E-state index is 0.221. The lowest BCUT2D eigenvalue weighted by atomic mass is 9.70. The lowest BCUT2D eigenvalue weighted by Crippen LogP contribution is -2.38. The molecule has 0 bridgehead atoms. The van der Waals surface area contributed by atoms with E-state index in [1.807, 2.05) is 41.3 Å². The van der Waals surface area contributed by atoms with Crippen LogP contribution in [-0.2, 0) is 24.2 Å². The Morgan fingerprint density at radius 1 is 1.21 bits per heavy atom. The van der Waals surface area contributed by atoms with Gasteiger partial charge in [0.15, 0.2) is 0 Å². The molecule has 2 aromatic rings. The van der Waals surface area contributed by atoms with Crippen molar-refractivity contribution in [2.75, 3.05) is 13.7 Å². The second kappa shape index (κ2) is 7.28. The summed E-state index contributed by atoms with van der Waals surface area (Å²) < 4.78 is 5.28. The number of hydrogen-bond donors (Lipinski definition) is 2. The molecule has 1 fully saturated rings. The van der Waals surface area contributed by atoms with Crippen molar-refractivity contribution in [2.45, 2.75) is 32.2 Å². The summed E-state index contributed by atoms with van der Waals surface area (Å²) in [6.07, 6.45) is 3.11. The van der Waals surface area contributed by atoms with Gasteiger partial charge in [0.05, 0.1) is 12.5 Å². The van der Waals surface area contributed by atoms with Crippen LogP contribution in [0.2, 0.25) is 0 Å². The smallest absolute Gasteiger partial charge is 0.274 e. The highest BCUT2D eigenvalue weighted by Crippen LogP contribution is 2.44. The first-order valence-corrected chi connectivity index (χ1v) is 9.53. The van der Waals surface area contributed by atoms with Gasteiger partial charge in [0.1, 0.15) is 5.75 Å². The number of rotatable bonds is 4. The van der Waals surface area contributed by atoms with Crippen molar-refractivity contribution in [3.8, 4) is 5.75 Å². The summed E-state index contributed by atoms with van der Waals surface area (Å²) >= 11 is 0. The van der Waals surface area contributed by atoms with Crippen molar-refractivity contribution in [3.63, 3.8) is 0 Å². The molecule has 2 N–H and O–H groups in total. The van der Waals surface area contributed by atoms with E-state index < -0.39 is 5.91 Å². The number of hydroxylamine groups is 1. The summed E-state index contributed by atoms with van der Waals surface area (Å²) in [6, 6.07) is 13.3. The first-order chi connectivity index (χ1) is 13.5. The number of methoxy groups -OCH3 is 1. The van der Waals surface area contributed by atoms with Crippen LogP contribution in [-0.4, -0.2) is 35.6 Å². The fraction of sp³-hybridized carbons (Fsp3) is 0.364. The molecule has 2 amide bonds. The number of ether oxygens (including phenoxy) is 1. The van der Waals surface area contributed by atoms with E-state index in [2.05, 4.69) is 0 Å². The zero-order valence-corrected chi connectivity index (χ0v) is 15.9. The zero-order chi connectivity index (χ0) is 19.7. The number of carbonyl (C=O) groups is 2. The van der Waals surface area contributed by atoms with Gasteiger partial charge >= 0.3 is 0 Å². The van der Waals surface area contributed by atoms with Gasteiger partial charge in [0.2, 0.25) is 5.91 Å². The van der Waals surface area contributed by atoms with Crippen LogP contribution in [0.15, 0.2) is 42.5 Å². The van der Waals surface area contributed by atoms with Gasteiger partial charge in [-0.05, 0) is 66.6 Å². The van der Waals surface area contributed by atoms with Crippen molar-refractivity contribution in [3.05, 3.63) is 64.7 Å². The highest BCUT2D eigenvalue weighted by molar-refractivity contribution is 5.93. The van der Waals surface area contributed by atoms with Gasteiger partial charge in [0.25, 0.3) is 5.91 Å². The van der Waals surface area contributed by atoms with Crippen molar-refractivity contribution in [1.82, 2.24) is 10.4 Å². The average molecular weight is 380 g/mol. The molecule has 28 heavy (non-hydrogen) atoms. The summed E-state index contributed by atoms with van der Waals surface area (Å²) in [5.41, 5.74) is 5.05. The van der Waals surface area contributed by atoms with Gasteiger partial charge < -0.3 is 9.64 Å². The average Bonchev–Trinajstić information content (AvgIpc) is 3.02.